The summed E-state index contributed by atoms with van der Waals surface area (Å²) in [7, 11) is 2.17. The van der Waals surface area contributed by atoms with Crippen LogP contribution in [0, 0.1) is 6.92 Å². The second-order valence-corrected chi connectivity index (χ2v) is 5.84. The minimum Gasteiger partial charge on any atom is -0.398 e. The molecule has 2 rings (SSSR count). The van der Waals surface area contributed by atoms with E-state index in [0.29, 0.717) is 16.8 Å². The fraction of sp³-hybridized carbons (Fsp3) is 0.600. The zero-order valence-electron chi connectivity index (χ0n) is 12.1. The highest BCUT2D eigenvalue weighted by molar-refractivity contribution is 6.33. The maximum atomic E-state index is 6.15. The van der Waals surface area contributed by atoms with Gasteiger partial charge in [0.2, 0.25) is 0 Å². The van der Waals surface area contributed by atoms with Gasteiger partial charge in [-0.15, -0.1) is 0 Å². The predicted octanol–water partition coefficient (Wildman–Crippen LogP) is 3.15. The molecule has 0 aromatic heterocycles. The molecule has 1 aliphatic heterocycles. The van der Waals surface area contributed by atoms with Crippen LogP contribution in [0.3, 0.4) is 0 Å². The number of halogens is 1. The summed E-state index contributed by atoms with van der Waals surface area (Å²) in [6.07, 6.45) is 2.43. The van der Waals surface area contributed by atoms with Crippen LogP contribution in [0.1, 0.15) is 25.3 Å². The summed E-state index contributed by atoms with van der Waals surface area (Å²) >= 11 is 6.15. The molecule has 1 aliphatic rings. The molecular formula is C15H24ClN3. The molecule has 1 saturated heterocycles. The average molecular weight is 282 g/mol. The van der Waals surface area contributed by atoms with E-state index in [1.807, 2.05) is 12.1 Å². The summed E-state index contributed by atoms with van der Waals surface area (Å²) in [5, 5.41) is 0.651. The maximum Gasteiger partial charge on any atom is 0.0656 e. The summed E-state index contributed by atoms with van der Waals surface area (Å²) in [5.74, 6) is 0. The van der Waals surface area contributed by atoms with Gasteiger partial charge in [0.25, 0.3) is 0 Å². The summed E-state index contributed by atoms with van der Waals surface area (Å²) < 4.78 is 0. The van der Waals surface area contributed by atoms with Gasteiger partial charge in [-0.2, -0.15) is 0 Å². The number of anilines is 2. The van der Waals surface area contributed by atoms with E-state index in [2.05, 4.69) is 30.7 Å². The second-order valence-electron chi connectivity index (χ2n) is 5.44. The first-order chi connectivity index (χ1) is 9.02. The molecule has 1 aromatic carbocycles. The van der Waals surface area contributed by atoms with Crippen LogP contribution in [0.25, 0.3) is 0 Å². The molecule has 0 amide bonds. The molecule has 4 heteroatoms. The fourth-order valence-corrected chi connectivity index (χ4v) is 3.05. The Labute approximate surface area is 121 Å². The highest BCUT2D eigenvalue weighted by Gasteiger charge is 2.23. The highest BCUT2D eigenvalue weighted by Crippen LogP contribution is 2.31. The number of nitrogen functional groups attached to an aromatic ring is 1. The zero-order valence-corrected chi connectivity index (χ0v) is 12.9. The number of hydrogen-bond acceptors (Lipinski definition) is 3. The average Bonchev–Trinajstić information content (AvgIpc) is 2.42. The van der Waals surface area contributed by atoms with Crippen molar-refractivity contribution < 1.29 is 0 Å². The smallest absolute Gasteiger partial charge is 0.0656 e. The van der Waals surface area contributed by atoms with Gasteiger partial charge in [-0.05, 0) is 44.0 Å². The molecule has 0 spiro atoms. The van der Waals surface area contributed by atoms with Crippen LogP contribution in [0.5, 0.6) is 0 Å². The summed E-state index contributed by atoms with van der Waals surface area (Å²) in [5.41, 5.74) is 8.91. The number of hydrogen-bond donors (Lipinski definition) is 1. The molecule has 1 heterocycles. The van der Waals surface area contributed by atoms with Crippen molar-refractivity contribution >= 4 is 23.0 Å². The molecule has 106 valence electrons. The molecular weight excluding hydrogens is 258 g/mol. The number of likely N-dealkylation sites (tertiary alicyclic amines) is 1. The summed E-state index contributed by atoms with van der Waals surface area (Å²) in [4.78, 5) is 4.88. The Balaban J connectivity index is 2.12. The van der Waals surface area contributed by atoms with Gasteiger partial charge in [0.05, 0.1) is 10.7 Å². The van der Waals surface area contributed by atoms with Gasteiger partial charge in [-0.1, -0.05) is 18.5 Å². The van der Waals surface area contributed by atoms with Crippen LogP contribution in [0.2, 0.25) is 5.02 Å². The Hall–Kier alpha value is -0.930. The number of rotatable bonds is 3. The monoisotopic (exact) mass is 281 g/mol. The van der Waals surface area contributed by atoms with Crippen molar-refractivity contribution in [3.05, 3.63) is 22.7 Å². The van der Waals surface area contributed by atoms with Crippen molar-refractivity contribution in [1.82, 2.24) is 4.90 Å². The van der Waals surface area contributed by atoms with Crippen LogP contribution < -0.4 is 10.6 Å². The topological polar surface area (TPSA) is 32.5 Å². The third kappa shape index (κ3) is 3.15. The summed E-state index contributed by atoms with van der Waals surface area (Å²) in [6.45, 7) is 7.86. The van der Waals surface area contributed by atoms with E-state index in [1.54, 1.807) is 0 Å². The van der Waals surface area contributed by atoms with Crippen molar-refractivity contribution in [3.8, 4) is 0 Å². The number of nitrogens with two attached hydrogens (primary N) is 1. The number of aryl methyl sites for hydroxylation is 1. The molecule has 3 nitrogen and oxygen atoms in total. The predicted molar refractivity (Wildman–Crippen MR) is 84.1 cm³/mol. The van der Waals surface area contributed by atoms with Crippen LogP contribution in [0.15, 0.2) is 12.1 Å². The van der Waals surface area contributed by atoms with E-state index in [0.717, 1.165) is 6.54 Å². The first-order valence-corrected chi connectivity index (χ1v) is 7.41. The van der Waals surface area contributed by atoms with Gasteiger partial charge in [-0.3, -0.25) is 0 Å². The minimum atomic E-state index is 0.598. The Morgan fingerprint density at radius 2 is 2.00 bits per heavy atom. The highest BCUT2D eigenvalue weighted by atomic mass is 35.5. The van der Waals surface area contributed by atoms with Gasteiger partial charge in [0.1, 0.15) is 0 Å². The third-order valence-corrected chi connectivity index (χ3v) is 4.57. The standard InChI is InChI=1S/C15H24ClN3/c1-4-19-7-5-12(6-8-19)18(3)15-10-13(16)14(17)9-11(15)2/h9-10,12H,4-8,17H2,1-3H3. The molecule has 2 N–H and O–H groups in total. The van der Waals surface area contributed by atoms with E-state index >= 15 is 0 Å². The third-order valence-electron chi connectivity index (χ3n) is 4.25. The Morgan fingerprint density at radius 1 is 1.37 bits per heavy atom. The Kier molecular flexibility index (Phi) is 4.58. The molecule has 1 aromatic rings. The van der Waals surface area contributed by atoms with Crippen molar-refractivity contribution in [2.45, 2.75) is 32.7 Å². The van der Waals surface area contributed by atoms with E-state index < -0.39 is 0 Å². The zero-order chi connectivity index (χ0) is 14.0. The number of nitrogens with zero attached hydrogens (tertiary/aromatic N) is 2. The van der Waals surface area contributed by atoms with Gasteiger partial charge in [0, 0.05) is 31.9 Å². The second kappa shape index (κ2) is 6.02. The van der Waals surface area contributed by atoms with Gasteiger partial charge in [-0.25, -0.2) is 0 Å². The molecule has 0 saturated carbocycles. The quantitative estimate of drug-likeness (QED) is 0.864. The SMILES string of the molecule is CCN1CCC(N(C)c2cc(Cl)c(N)cc2C)CC1. The van der Waals surface area contributed by atoms with Crippen molar-refractivity contribution in [3.63, 3.8) is 0 Å². The van der Waals surface area contributed by atoms with Gasteiger partial charge >= 0.3 is 0 Å². The summed E-state index contributed by atoms with van der Waals surface area (Å²) in [6, 6.07) is 4.56. The van der Waals surface area contributed by atoms with Crippen LogP contribution in [-0.2, 0) is 0 Å². The van der Waals surface area contributed by atoms with E-state index in [9.17, 15) is 0 Å². The first-order valence-electron chi connectivity index (χ1n) is 7.03. The van der Waals surface area contributed by atoms with Crippen molar-refractivity contribution in [2.75, 3.05) is 37.3 Å². The molecule has 1 fully saturated rings. The molecule has 0 bridgehead atoms. The number of piperidine rings is 1. The Morgan fingerprint density at radius 3 is 2.58 bits per heavy atom. The number of benzene rings is 1. The first kappa shape index (κ1) is 14.5. The molecule has 0 aliphatic carbocycles. The lowest BCUT2D eigenvalue weighted by atomic mass is 10.0. The van der Waals surface area contributed by atoms with Crippen LogP contribution >= 0.6 is 11.6 Å². The lowest BCUT2D eigenvalue weighted by molar-refractivity contribution is 0.221. The van der Waals surface area contributed by atoms with E-state index in [4.69, 9.17) is 17.3 Å². The van der Waals surface area contributed by atoms with E-state index in [1.165, 1.54) is 37.2 Å². The van der Waals surface area contributed by atoms with Crippen LogP contribution in [-0.4, -0.2) is 37.6 Å². The van der Waals surface area contributed by atoms with Gasteiger partial charge < -0.3 is 15.5 Å². The normalized spacial score (nSPS) is 17.7. The van der Waals surface area contributed by atoms with Crippen molar-refractivity contribution in [2.24, 2.45) is 0 Å². The lowest BCUT2D eigenvalue weighted by Gasteiger charge is -2.38. The molecule has 0 atom stereocenters. The molecule has 19 heavy (non-hydrogen) atoms. The Bertz CT molecular complexity index is 439. The largest absolute Gasteiger partial charge is 0.398 e. The molecule has 0 unspecified atom stereocenters. The van der Waals surface area contributed by atoms with Gasteiger partial charge in [0.15, 0.2) is 0 Å². The lowest BCUT2D eigenvalue weighted by Crippen LogP contribution is -2.43. The van der Waals surface area contributed by atoms with Crippen molar-refractivity contribution in [1.29, 1.82) is 0 Å². The van der Waals surface area contributed by atoms with E-state index in [-0.39, 0.29) is 0 Å². The molecule has 0 radical (unpaired) electrons. The fourth-order valence-electron chi connectivity index (χ4n) is 2.89. The maximum absolute atomic E-state index is 6.15. The van der Waals surface area contributed by atoms with Crippen LogP contribution in [0.4, 0.5) is 11.4 Å². The minimum absolute atomic E-state index is 0.598.